The molecule has 172 valence electrons. The second-order valence-electron chi connectivity index (χ2n) is 7.47. The Labute approximate surface area is 194 Å². The lowest BCUT2D eigenvalue weighted by molar-refractivity contribution is -0.137. The molecule has 0 spiro atoms. The van der Waals surface area contributed by atoms with Gasteiger partial charge in [0.1, 0.15) is 28.4 Å². The number of hydrogen-bond donors (Lipinski definition) is 0. The molecule has 0 amide bonds. The second-order valence-corrected chi connectivity index (χ2v) is 8.48. The fraction of sp³-hybridized carbons (Fsp3) is 0.125. The molecule has 3 heterocycles. The zero-order valence-electron chi connectivity index (χ0n) is 17.7. The first-order chi connectivity index (χ1) is 16.3. The Balaban J connectivity index is 1.39. The van der Waals surface area contributed by atoms with Gasteiger partial charge in [-0.05, 0) is 42.8 Å². The van der Waals surface area contributed by atoms with Gasteiger partial charge in [0.05, 0.1) is 5.56 Å². The van der Waals surface area contributed by atoms with Crippen molar-refractivity contribution in [3.05, 3.63) is 98.3 Å². The average molecular weight is 483 g/mol. The van der Waals surface area contributed by atoms with Crippen molar-refractivity contribution in [2.45, 2.75) is 19.7 Å². The molecule has 0 radical (unpaired) electrons. The van der Waals surface area contributed by atoms with Crippen LogP contribution in [0.25, 0.3) is 22.4 Å². The van der Waals surface area contributed by atoms with Gasteiger partial charge < -0.3 is 9.15 Å². The molecule has 0 aliphatic heterocycles. The van der Waals surface area contributed by atoms with Crippen LogP contribution < -0.4 is 14.8 Å². The molecule has 6 nitrogen and oxygen atoms in total. The SMILES string of the molecule is Cc1ccccc1OCc1nc2s/c(=C\c3ccc(-c4cccc(C(F)(F)F)c4)o3)c(=O)n2n1. The molecule has 0 aliphatic carbocycles. The summed E-state index contributed by atoms with van der Waals surface area (Å²) in [4.78, 5) is 17.5. The number of nitrogens with zero attached hydrogens (tertiary/aromatic N) is 3. The Kier molecular flexibility index (Phi) is 5.45. The lowest BCUT2D eigenvalue weighted by Crippen LogP contribution is -2.23. The van der Waals surface area contributed by atoms with Crippen LogP contribution in [0.15, 0.2) is 69.9 Å². The summed E-state index contributed by atoms with van der Waals surface area (Å²) in [5, 5.41) is 4.23. The van der Waals surface area contributed by atoms with E-state index in [1.165, 1.54) is 22.7 Å². The fourth-order valence-electron chi connectivity index (χ4n) is 3.36. The van der Waals surface area contributed by atoms with Gasteiger partial charge in [-0.3, -0.25) is 4.79 Å². The fourth-order valence-corrected chi connectivity index (χ4v) is 4.27. The van der Waals surface area contributed by atoms with E-state index < -0.39 is 11.7 Å². The largest absolute Gasteiger partial charge is 0.485 e. The van der Waals surface area contributed by atoms with Crippen molar-refractivity contribution in [3.8, 4) is 17.1 Å². The Morgan fingerprint density at radius 3 is 2.71 bits per heavy atom. The highest BCUT2D eigenvalue weighted by Gasteiger charge is 2.30. The summed E-state index contributed by atoms with van der Waals surface area (Å²) >= 11 is 1.13. The van der Waals surface area contributed by atoms with Crippen molar-refractivity contribution in [2.75, 3.05) is 0 Å². The third kappa shape index (κ3) is 4.32. The standard InChI is InChI=1S/C24H16F3N3O3S/c1-14-5-2-3-8-18(14)32-13-21-28-23-30(29-21)22(31)20(34-23)12-17-9-10-19(33-17)15-6-4-7-16(11-15)24(25,26)27/h2-12H,13H2,1H3/b20-12-. The maximum Gasteiger partial charge on any atom is 0.416 e. The quantitative estimate of drug-likeness (QED) is 0.357. The first kappa shape index (κ1) is 21.9. The predicted octanol–water partition coefficient (Wildman–Crippen LogP) is 4.86. The van der Waals surface area contributed by atoms with Gasteiger partial charge in [0.15, 0.2) is 5.82 Å². The number of aryl methyl sites for hydroxylation is 1. The van der Waals surface area contributed by atoms with Gasteiger partial charge in [-0.25, -0.2) is 0 Å². The maximum absolute atomic E-state index is 13.0. The zero-order chi connectivity index (χ0) is 23.9. The topological polar surface area (TPSA) is 69.6 Å². The van der Waals surface area contributed by atoms with Crippen LogP contribution in [0.5, 0.6) is 5.75 Å². The number of fused-ring (bicyclic) bond motifs is 1. The smallest absolute Gasteiger partial charge is 0.416 e. The predicted molar refractivity (Wildman–Crippen MR) is 121 cm³/mol. The van der Waals surface area contributed by atoms with E-state index in [4.69, 9.17) is 9.15 Å². The van der Waals surface area contributed by atoms with Gasteiger partial charge in [-0.15, -0.1) is 5.10 Å². The van der Waals surface area contributed by atoms with Gasteiger partial charge >= 0.3 is 6.18 Å². The molecule has 0 atom stereocenters. The zero-order valence-corrected chi connectivity index (χ0v) is 18.5. The first-order valence-electron chi connectivity index (χ1n) is 10.1. The summed E-state index contributed by atoms with van der Waals surface area (Å²) in [6.45, 7) is 2.05. The summed E-state index contributed by atoms with van der Waals surface area (Å²) in [6, 6.07) is 15.6. The Bertz CT molecular complexity index is 1600. The maximum atomic E-state index is 13.0. The molecule has 5 rings (SSSR count). The van der Waals surface area contributed by atoms with Crippen LogP contribution in [0.4, 0.5) is 13.2 Å². The molecule has 3 aromatic heterocycles. The Morgan fingerprint density at radius 1 is 1.12 bits per heavy atom. The molecule has 5 aromatic rings. The Hall–Kier alpha value is -3.92. The molecule has 0 aliphatic rings. The number of ether oxygens (including phenoxy) is 1. The molecule has 0 bridgehead atoms. The number of thiazole rings is 1. The molecule has 2 aromatic carbocycles. The van der Waals surface area contributed by atoms with Gasteiger partial charge in [0.2, 0.25) is 4.96 Å². The highest BCUT2D eigenvalue weighted by Crippen LogP contribution is 2.32. The molecule has 10 heteroatoms. The Morgan fingerprint density at radius 2 is 1.94 bits per heavy atom. The number of alkyl halides is 3. The van der Waals surface area contributed by atoms with Crippen molar-refractivity contribution in [1.29, 1.82) is 0 Å². The monoisotopic (exact) mass is 483 g/mol. The van der Waals surface area contributed by atoms with Crippen LogP contribution in [0, 0.1) is 6.92 Å². The lowest BCUT2D eigenvalue weighted by atomic mass is 10.1. The van der Waals surface area contributed by atoms with Gasteiger partial charge in [0.25, 0.3) is 5.56 Å². The molecular formula is C24H16F3N3O3S. The van der Waals surface area contributed by atoms with E-state index in [-0.39, 0.29) is 23.5 Å². The number of hydrogen-bond acceptors (Lipinski definition) is 6. The van der Waals surface area contributed by atoms with Gasteiger partial charge in [-0.2, -0.15) is 22.7 Å². The third-order valence-electron chi connectivity index (χ3n) is 5.05. The minimum absolute atomic E-state index is 0.121. The summed E-state index contributed by atoms with van der Waals surface area (Å²) in [7, 11) is 0. The van der Waals surface area contributed by atoms with E-state index in [9.17, 15) is 18.0 Å². The number of para-hydroxylation sites is 1. The third-order valence-corrected chi connectivity index (χ3v) is 6.01. The van der Waals surface area contributed by atoms with Crippen LogP contribution in [-0.2, 0) is 12.8 Å². The van der Waals surface area contributed by atoms with Crippen molar-refractivity contribution < 1.29 is 22.3 Å². The average Bonchev–Trinajstić information content (AvgIpc) is 3.50. The van der Waals surface area contributed by atoms with E-state index in [2.05, 4.69) is 10.1 Å². The van der Waals surface area contributed by atoms with Crippen molar-refractivity contribution >= 4 is 22.4 Å². The van der Waals surface area contributed by atoms with Crippen molar-refractivity contribution in [1.82, 2.24) is 14.6 Å². The van der Waals surface area contributed by atoms with E-state index in [0.717, 1.165) is 29.0 Å². The van der Waals surface area contributed by atoms with Crippen LogP contribution >= 0.6 is 11.3 Å². The van der Waals surface area contributed by atoms with Crippen molar-refractivity contribution in [2.24, 2.45) is 0 Å². The number of furan rings is 1. The summed E-state index contributed by atoms with van der Waals surface area (Å²) in [5.74, 6) is 1.69. The number of halogens is 3. The van der Waals surface area contributed by atoms with E-state index >= 15 is 0 Å². The van der Waals surface area contributed by atoms with Gasteiger partial charge in [-0.1, -0.05) is 41.7 Å². The number of rotatable bonds is 5. The first-order valence-corrected chi connectivity index (χ1v) is 11.0. The lowest BCUT2D eigenvalue weighted by Gasteiger charge is -2.07. The molecule has 0 fully saturated rings. The normalized spacial score (nSPS) is 12.5. The summed E-state index contributed by atoms with van der Waals surface area (Å²) in [6.07, 6.45) is -2.93. The minimum atomic E-state index is -4.45. The number of benzene rings is 2. The highest BCUT2D eigenvalue weighted by atomic mass is 32.1. The highest BCUT2D eigenvalue weighted by molar-refractivity contribution is 7.15. The van der Waals surface area contributed by atoms with Gasteiger partial charge in [0, 0.05) is 11.6 Å². The van der Waals surface area contributed by atoms with E-state index in [1.807, 2.05) is 31.2 Å². The summed E-state index contributed by atoms with van der Waals surface area (Å²) < 4.78 is 51.9. The second kappa shape index (κ2) is 8.45. The van der Waals surface area contributed by atoms with Crippen LogP contribution in [0.1, 0.15) is 22.7 Å². The van der Waals surface area contributed by atoms with E-state index in [0.29, 0.717) is 26.8 Å². The van der Waals surface area contributed by atoms with Crippen LogP contribution in [-0.4, -0.2) is 14.6 Å². The van der Waals surface area contributed by atoms with Crippen LogP contribution in [0.2, 0.25) is 0 Å². The molecule has 0 saturated heterocycles. The molecule has 0 saturated carbocycles. The summed E-state index contributed by atoms with van der Waals surface area (Å²) in [5.41, 5.74) is 0.138. The minimum Gasteiger partial charge on any atom is -0.485 e. The molecule has 34 heavy (non-hydrogen) atoms. The molecular weight excluding hydrogens is 467 g/mol. The van der Waals surface area contributed by atoms with Crippen LogP contribution in [0.3, 0.4) is 0 Å². The molecule has 0 N–H and O–H groups in total. The molecule has 0 unspecified atom stereocenters. The van der Waals surface area contributed by atoms with E-state index in [1.54, 1.807) is 12.1 Å². The van der Waals surface area contributed by atoms with Crippen molar-refractivity contribution in [3.63, 3.8) is 0 Å². The number of aromatic nitrogens is 3.